The molecule has 2 aromatic rings. The lowest BCUT2D eigenvalue weighted by atomic mass is 10.1. The average Bonchev–Trinajstić information content (AvgIpc) is 2.39. The van der Waals surface area contributed by atoms with Crippen molar-refractivity contribution in [1.82, 2.24) is 0 Å². The summed E-state index contributed by atoms with van der Waals surface area (Å²) in [5.41, 5.74) is 3.53. The molecule has 0 unspecified atom stereocenters. The normalized spacial score (nSPS) is 10.6. The Kier molecular flexibility index (Phi) is 3.84. The molecule has 0 spiro atoms. The summed E-state index contributed by atoms with van der Waals surface area (Å²) in [5.74, 6) is 0. The first-order valence-electron chi connectivity index (χ1n) is 5.60. The van der Waals surface area contributed by atoms with E-state index in [-0.39, 0.29) is 0 Å². The highest BCUT2D eigenvalue weighted by molar-refractivity contribution is 7.81. The molecule has 0 saturated carbocycles. The van der Waals surface area contributed by atoms with E-state index in [9.17, 15) is 0 Å². The third-order valence-corrected chi connectivity index (χ3v) is 2.93. The van der Waals surface area contributed by atoms with Gasteiger partial charge in [-0.15, -0.1) is 0 Å². The number of thiocarbonyl (C=S) groups is 1. The Labute approximate surface area is 108 Å². The zero-order valence-electron chi connectivity index (χ0n) is 9.76. The zero-order chi connectivity index (χ0) is 12.1. The standard InChI is InChI=1S/C16H14S/c1-13-7-9-14(10-8-13)11-12-16(17)15-5-3-2-4-6-15/h2-12H,1H3/b12-11+. The highest BCUT2D eigenvalue weighted by atomic mass is 32.1. The zero-order valence-corrected chi connectivity index (χ0v) is 10.6. The number of benzene rings is 2. The summed E-state index contributed by atoms with van der Waals surface area (Å²) >= 11 is 5.36. The van der Waals surface area contributed by atoms with E-state index in [4.69, 9.17) is 12.2 Å². The van der Waals surface area contributed by atoms with Crippen molar-refractivity contribution in [2.45, 2.75) is 6.92 Å². The van der Waals surface area contributed by atoms with Gasteiger partial charge in [0.25, 0.3) is 0 Å². The van der Waals surface area contributed by atoms with Crippen LogP contribution in [0.3, 0.4) is 0 Å². The highest BCUT2D eigenvalue weighted by Crippen LogP contribution is 2.08. The molecule has 0 bridgehead atoms. The molecule has 84 valence electrons. The molecule has 0 saturated heterocycles. The van der Waals surface area contributed by atoms with Gasteiger partial charge in [0.05, 0.1) is 0 Å². The van der Waals surface area contributed by atoms with Gasteiger partial charge in [0.15, 0.2) is 0 Å². The quantitative estimate of drug-likeness (QED) is 0.433. The molecule has 0 amide bonds. The van der Waals surface area contributed by atoms with E-state index in [0.29, 0.717) is 0 Å². The first-order valence-corrected chi connectivity index (χ1v) is 6.01. The lowest BCUT2D eigenvalue weighted by Crippen LogP contribution is -1.90. The fourth-order valence-electron chi connectivity index (χ4n) is 1.55. The number of allylic oxidation sites excluding steroid dienone is 1. The summed E-state index contributed by atoms with van der Waals surface area (Å²) in [6.45, 7) is 2.09. The highest BCUT2D eigenvalue weighted by Gasteiger charge is 1.94. The third-order valence-electron chi connectivity index (χ3n) is 2.56. The topological polar surface area (TPSA) is 0 Å². The molecule has 1 heteroatoms. The lowest BCUT2D eigenvalue weighted by molar-refractivity contribution is 1.46. The number of hydrogen-bond acceptors (Lipinski definition) is 1. The van der Waals surface area contributed by atoms with E-state index < -0.39 is 0 Å². The van der Waals surface area contributed by atoms with Gasteiger partial charge in [-0.05, 0) is 24.1 Å². The van der Waals surface area contributed by atoms with Crippen molar-refractivity contribution in [1.29, 1.82) is 0 Å². The van der Waals surface area contributed by atoms with Crippen molar-refractivity contribution >= 4 is 23.2 Å². The summed E-state index contributed by atoms with van der Waals surface area (Å²) in [5, 5.41) is 0. The summed E-state index contributed by atoms with van der Waals surface area (Å²) in [7, 11) is 0. The van der Waals surface area contributed by atoms with Gasteiger partial charge in [-0.1, -0.05) is 78.5 Å². The van der Waals surface area contributed by atoms with Crippen LogP contribution in [0.25, 0.3) is 6.08 Å². The molecule has 2 aromatic carbocycles. The van der Waals surface area contributed by atoms with E-state index in [1.54, 1.807) is 0 Å². The molecule has 0 aliphatic heterocycles. The van der Waals surface area contributed by atoms with E-state index in [2.05, 4.69) is 37.3 Å². The first-order chi connectivity index (χ1) is 8.25. The van der Waals surface area contributed by atoms with E-state index >= 15 is 0 Å². The average molecular weight is 238 g/mol. The smallest absolute Gasteiger partial charge is 0.0449 e. The van der Waals surface area contributed by atoms with Crippen LogP contribution in [0.2, 0.25) is 0 Å². The molecule has 17 heavy (non-hydrogen) atoms. The van der Waals surface area contributed by atoms with Crippen molar-refractivity contribution in [3.63, 3.8) is 0 Å². The minimum absolute atomic E-state index is 0.867. The lowest BCUT2D eigenvalue weighted by Gasteiger charge is -1.98. The Hall–Kier alpha value is -1.73. The van der Waals surface area contributed by atoms with Gasteiger partial charge in [0.2, 0.25) is 0 Å². The van der Waals surface area contributed by atoms with Crippen molar-refractivity contribution in [3.8, 4) is 0 Å². The minimum Gasteiger partial charge on any atom is -0.0795 e. The second-order valence-electron chi connectivity index (χ2n) is 3.97. The van der Waals surface area contributed by atoms with Crippen molar-refractivity contribution in [2.24, 2.45) is 0 Å². The van der Waals surface area contributed by atoms with Gasteiger partial charge in [0, 0.05) is 4.86 Å². The minimum atomic E-state index is 0.867. The van der Waals surface area contributed by atoms with E-state index in [0.717, 1.165) is 10.4 Å². The van der Waals surface area contributed by atoms with Crippen LogP contribution in [0.5, 0.6) is 0 Å². The van der Waals surface area contributed by atoms with Crippen LogP contribution in [0, 0.1) is 6.92 Å². The molecule has 0 atom stereocenters. The van der Waals surface area contributed by atoms with Crippen LogP contribution in [-0.2, 0) is 0 Å². The maximum absolute atomic E-state index is 5.36. The maximum Gasteiger partial charge on any atom is 0.0449 e. The summed E-state index contributed by atoms with van der Waals surface area (Å²) in [6, 6.07) is 18.5. The predicted octanol–water partition coefficient (Wildman–Crippen LogP) is 4.43. The number of aryl methyl sites for hydroxylation is 1. The van der Waals surface area contributed by atoms with Crippen LogP contribution in [0.1, 0.15) is 16.7 Å². The maximum atomic E-state index is 5.36. The first kappa shape index (κ1) is 11.7. The second kappa shape index (κ2) is 5.55. The third kappa shape index (κ3) is 3.36. The Morgan fingerprint density at radius 3 is 2.24 bits per heavy atom. The largest absolute Gasteiger partial charge is 0.0795 e. The van der Waals surface area contributed by atoms with Gasteiger partial charge in [-0.25, -0.2) is 0 Å². The molecule has 0 fully saturated rings. The van der Waals surface area contributed by atoms with Crippen molar-refractivity contribution in [2.75, 3.05) is 0 Å². The van der Waals surface area contributed by atoms with Gasteiger partial charge in [-0.2, -0.15) is 0 Å². The fraction of sp³-hybridized carbons (Fsp3) is 0.0625. The van der Waals surface area contributed by atoms with Gasteiger partial charge in [0.1, 0.15) is 0 Å². The summed E-state index contributed by atoms with van der Waals surface area (Å²) in [6.07, 6.45) is 4.03. The molecular formula is C16H14S. The number of hydrogen-bond donors (Lipinski definition) is 0. The molecule has 0 aromatic heterocycles. The second-order valence-corrected chi connectivity index (χ2v) is 4.41. The number of rotatable bonds is 3. The predicted molar refractivity (Wildman–Crippen MR) is 78.4 cm³/mol. The Morgan fingerprint density at radius 1 is 0.941 bits per heavy atom. The van der Waals surface area contributed by atoms with Crippen LogP contribution in [0.4, 0.5) is 0 Å². The summed E-state index contributed by atoms with van der Waals surface area (Å²) < 4.78 is 0. The molecule has 0 aliphatic carbocycles. The molecular weight excluding hydrogens is 224 g/mol. The Balaban J connectivity index is 2.11. The van der Waals surface area contributed by atoms with Gasteiger partial charge in [-0.3, -0.25) is 0 Å². The molecule has 2 rings (SSSR count). The van der Waals surface area contributed by atoms with Crippen LogP contribution >= 0.6 is 12.2 Å². The van der Waals surface area contributed by atoms with Crippen LogP contribution in [-0.4, -0.2) is 4.86 Å². The monoisotopic (exact) mass is 238 g/mol. The van der Waals surface area contributed by atoms with Gasteiger partial charge < -0.3 is 0 Å². The van der Waals surface area contributed by atoms with Crippen molar-refractivity contribution < 1.29 is 0 Å². The molecule has 0 heterocycles. The molecule has 0 radical (unpaired) electrons. The van der Waals surface area contributed by atoms with E-state index in [1.165, 1.54) is 11.1 Å². The van der Waals surface area contributed by atoms with Gasteiger partial charge >= 0.3 is 0 Å². The molecule has 0 aliphatic rings. The Bertz CT molecular complexity index is 521. The fourth-order valence-corrected chi connectivity index (χ4v) is 1.75. The van der Waals surface area contributed by atoms with Crippen molar-refractivity contribution in [3.05, 3.63) is 77.4 Å². The molecule has 0 N–H and O–H groups in total. The van der Waals surface area contributed by atoms with Crippen LogP contribution < -0.4 is 0 Å². The Morgan fingerprint density at radius 2 is 1.59 bits per heavy atom. The summed E-state index contributed by atoms with van der Waals surface area (Å²) in [4.78, 5) is 0.867. The van der Waals surface area contributed by atoms with Crippen LogP contribution in [0.15, 0.2) is 60.7 Å². The SMILES string of the molecule is Cc1ccc(/C=C/C(=S)c2ccccc2)cc1. The molecule has 0 nitrogen and oxygen atoms in total. The van der Waals surface area contributed by atoms with E-state index in [1.807, 2.05) is 36.4 Å².